The van der Waals surface area contributed by atoms with Gasteiger partial charge in [-0.05, 0) is 37.5 Å². The van der Waals surface area contributed by atoms with E-state index in [-0.39, 0.29) is 24.0 Å². The van der Waals surface area contributed by atoms with Crippen LogP contribution in [0.5, 0.6) is 0 Å². The molecule has 7 heteroatoms. The third kappa shape index (κ3) is 3.66. The Labute approximate surface area is 131 Å². The number of aryl methyl sites for hydroxylation is 1. The van der Waals surface area contributed by atoms with Crippen molar-refractivity contribution in [2.24, 2.45) is 0 Å². The lowest BCUT2D eigenvalue weighted by molar-refractivity contribution is 0.0944. The molecule has 122 valence electrons. The molecule has 1 aliphatic heterocycles. The summed E-state index contributed by atoms with van der Waals surface area (Å²) in [7, 11) is -3.55. The van der Waals surface area contributed by atoms with Crippen molar-refractivity contribution in [3.63, 3.8) is 0 Å². The second kappa shape index (κ2) is 7.21. The van der Waals surface area contributed by atoms with E-state index in [1.807, 2.05) is 0 Å². The molecule has 0 unspecified atom stereocenters. The second-order valence-electron chi connectivity index (χ2n) is 5.42. The number of hydrogen-bond acceptors (Lipinski definition) is 4. The number of carbonyl (C=O) groups is 1. The Hall–Kier alpha value is -1.44. The zero-order valence-corrected chi connectivity index (χ0v) is 13.5. The van der Waals surface area contributed by atoms with Crippen molar-refractivity contribution in [2.75, 3.05) is 26.2 Å². The first-order valence-electron chi connectivity index (χ1n) is 7.46. The first-order chi connectivity index (χ1) is 10.5. The first-order valence-corrected chi connectivity index (χ1v) is 8.90. The lowest BCUT2D eigenvalue weighted by Crippen LogP contribution is -2.35. The average Bonchev–Trinajstić information content (AvgIpc) is 2.53. The Morgan fingerprint density at radius 3 is 2.59 bits per heavy atom. The second-order valence-corrected chi connectivity index (χ2v) is 7.36. The highest BCUT2D eigenvalue weighted by Crippen LogP contribution is 2.22. The maximum absolute atomic E-state index is 12.6. The number of hydrogen-bond donors (Lipinski definition) is 2. The molecule has 0 saturated carbocycles. The topological polar surface area (TPSA) is 86.7 Å². The van der Waals surface area contributed by atoms with Crippen molar-refractivity contribution in [1.82, 2.24) is 9.62 Å². The normalized spacial score (nSPS) is 16.5. The molecule has 1 aromatic carbocycles. The summed E-state index contributed by atoms with van der Waals surface area (Å²) in [6.07, 6.45) is 2.79. The highest BCUT2D eigenvalue weighted by Gasteiger charge is 2.26. The van der Waals surface area contributed by atoms with E-state index in [0.717, 1.165) is 19.3 Å². The summed E-state index contributed by atoms with van der Waals surface area (Å²) in [5, 5.41) is 11.3. The Morgan fingerprint density at radius 2 is 1.95 bits per heavy atom. The summed E-state index contributed by atoms with van der Waals surface area (Å²) < 4.78 is 26.8. The molecule has 2 N–H and O–H groups in total. The summed E-state index contributed by atoms with van der Waals surface area (Å²) in [4.78, 5) is 12.2. The fourth-order valence-corrected chi connectivity index (χ4v) is 4.07. The maximum atomic E-state index is 12.6. The highest BCUT2D eigenvalue weighted by atomic mass is 32.2. The number of rotatable bonds is 5. The van der Waals surface area contributed by atoms with Gasteiger partial charge in [-0.1, -0.05) is 12.5 Å². The smallest absolute Gasteiger partial charge is 0.251 e. The van der Waals surface area contributed by atoms with E-state index in [2.05, 4.69) is 5.32 Å². The van der Waals surface area contributed by atoms with Gasteiger partial charge in [0, 0.05) is 25.2 Å². The molecule has 1 heterocycles. The highest BCUT2D eigenvalue weighted by molar-refractivity contribution is 7.89. The van der Waals surface area contributed by atoms with Gasteiger partial charge < -0.3 is 10.4 Å². The van der Waals surface area contributed by atoms with Crippen molar-refractivity contribution in [2.45, 2.75) is 31.1 Å². The van der Waals surface area contributed by atoms with E-state index >= 15 is 0 Å². The molecule has 0 aliphatic carbocycles. The number of amides is 1. The molecule has 0 spiro atoms. The number of carbonyl (C=O) groups excluding carboxylic acids is 1. The van der Waals surface area contributed by atoms with Crippen LogP contribution >= 0.6 is 0 Å². The molecule has 22 heavy (non-hydrogen) atoms. The molecule has 0 atom stereocenters. The van der Waals surface area contributed by atoms with Gasteiger partial charge in [-0.3, -0.25) is 4.79 Å². The van der Waals surface area contributed by atoms with Gasteiger partial charge in [-0.2, -0.15) is 4.31 Å². The van der Waals surface area contributed by atoms with Gasteiger partial charge in [0.15, 0.2) is 0 Å². The van der Waals surface area contributed by atoms with Gasteiger partial charge >= 0.3 is 0 Å². The van der Waals surface area contributed by atoms with E-state index in [9.17, 15) is 13.2 Å². The number of aliphatic hydroxyl groups excluding tert-OH is 1. The van der Waals surface area contributed by atoms with Crippen LogP contribution in [0.25, 0.3) is 0 Å². The minimum Gasteiger partial charge on any atom is -0.395 e. The SMILES string of the molecule is Cc1ccc(S(=O)(=O)N2CCCCC2)cc1C(=O)NCCO. The summed E-state index contributed by atoms with van der Waals surface area (Å²) in [5.41, 5.74) is 1.03. The van der Waals surface area contributed by atoms with Crippen LogP contribution in [0.15, 0.2) is 23.1 Å². The Bertz CT molecular complexity index is 637. The van der Waals surface area contributed by atoms with Crippen LogP contribution in [0.4, 0.5) is 0 Å². The molecule has 1 fully saturated rings. The Balaban J connectivity index is 2.30. The number of benzene rings is 1. The van der Waals surface area contributed by atoms with E-state index in [0.29, 0.717) is 24.2 Å². The Morgan fingerprint density at radius 1 is 1.27 bits per heavy atom. The predicted octanol–water partition coefficient (Wildman–Crippen LogP) is 0.892. The lowest BCUT2D eigenvalue weighted by Gasteiger charge is -2.26. The summed E-state index contributed by atoms with van der Waals surface area (Å²) in [6, 6.07) is 4.61. The fraction of sp³-hybridized carbons (Fsp3) is 0.533. The number of sulfonamides is 1. The average molecular weight is 326 g/mol. The van der Waals surface area contributed by atoms with Gasteiger partial charge in [0.05, 0.1) is 11.5 Å². The molecule has 0 aromatic heterocycles. The van der Waals surface area contributed by atoms with Gasteiger partial charge in [-0.25, -0.2) is 8.42 Å². The summed E-state index contributed by atoms with van der Waals surface area (Å²) in [5.74, 6) is -0.373. The van der Waals surface area contributed by atoms with Crippen molar-refractivity contribution < 1.29 is 18.3 Å². The first kappa shape index (κ1) is 16.9. The standard InChI is InChI=1S/C15H22N2O4S/c1-12-5-6-13(11-14(12)15(19)16-7-10-18)22(20,21)17-8-3-2-4-9-17/h5-6,11,18H,2-4,7-10H2,1H3,(H,16,19). The quantitative estimate of drug-likeness (QED) is 0.841. The monoisotopic (exact) mass is 326 g/mol. The van der Waals surface area contributed by atoms with Crippen LogP contribution in [0.3, 0.4) is 0 Å². The van der Waals surface area contributed by atoms with E-state index in [1.165, 1.54) is 10.4 Å². The van der Waals surface area contributed by atoms with Crippen LogP contribution in [0.1, 0.15) is 35.2 Å². The molecular weight excluding hydrogens is 304 g/mol. The molecule has 0 bridgehead atoms. The van der Waals surface area contributed by atoms with Gasteiger partial charge in [0.25, 0.3) is 5.91 Å². The number of nitrogens with zero attached hydrogens (tertiary/aromatic N) is 1. The third-order valence-electron chi connectivity index (χ3n) is 3.80. The van der Waals surface area contributed by atoms with Crippen molar-refractivity contribution in [1.29, 1.82) is 0 Å². The minimum absolute atomic E-state index is 0.140. The predicted molar refractivity (Wildman–Crippen MR) is 83.2 cm³/mol. The number of aliphatic hydroxyl groups is 1. The lowest BCUT2D eigenvalue weighted by atomic mass is 10.1. The van der Waals surface area contributed by atoms with Crippen molar-refractivity contribution in [3.8, 4) is 0 Å². The Kier molecular flexibility index (Phi) is 5.55. The number of nitrogens with one attached hydrogen (secondary N) is 1. The largest absolute Gasteiger partial charge is 0.395 e. The molecule has 2 rings (SSSR count). The van der Waals surface area contributed by atoms with E-state index < -0.39 is 10.0 Å². The minimum atomic E-state index is -3.55. The van der Waals surface area contributed by atoms with E-state index in [4.69, 9.17) is 5.11 Å². The van der Waals surface area contributed by atoms with Crippen LogP contribution in [-0.2, 0) is 10.0 Å². The summed E-state index contributed by atoms with van der Waals surface area (Å²) in [6.45, 7) is 2.80. The van der Waals surface area contributed by atoms with Crippen molar-refractivity contribution in [3.05, 3.63) is 29.3 Å². The fourth-order valence-electron chi connectivity index (χ4n) is 2.53. The zero-order valence-electron chi connectivity index (χ0n) is 12.7. The van der Waals surface area contributed by atoms with Crippen LogP contribution in [-0.4, -0.2) is 50.0 Å². The zero-order chi connectivity index (χ0) is 16.2. The molecule has 1 aliphatic rings. The van der Waals surface area contributed by atoms with Gasteiger partial charge in [0.2, 0.25) is 10.0 Å². The molecular formula is C15H22N2O4S. The molecule has 1 aromatic rings. The molecule has 0 radical (unpaired) electrons. The molecule has 1 amide bonds. The molecule has 6 nitrogen and oxygen atoms in total. The van der Waals surface area contributed by atoms with E-state index in [1.54, 1.807) is 19.1 Å². The van der Waals surface area contributed by atoms with Crippen molar-refractivity contribution >= 4 is 15.9 Å². The van der Waals surface area contributed by atoms with Crippen LogP contribution < -0.4 is 5.32 Å². The maximum Gasteiger partial charge on any atom is 0.251 e. The molecule has 1 saturated heterocycles. The van der Waals surface area contributed by atoms with Gasteiger partial charge in [0.1, 0.15) is 0 Å². The van der Waals surface area contributed by atoms with Gasteiger partial charge in [-0.15, -0.1) is 0 Å². The van der Waals surface area contributed by atoms with Crippen LogP contribution in [0, 0.1) is 6.92 Å². The third-order valence-corrected chi connectivity index (χ3v) is 5.70. The summed E-state index contributed by atoms with van der Waals surface area (Å²) >= 11 is 0. The number of piperidine rings is 1. The van der Waals surface area contributed by atoms with Crippen LogP contribution in [0.2, 0.25) is 0 Å².